The quantitative estimate of drug-likeness (QED) is 0.912. The average molecular weight is 259 g/mol. The van der Waals surface area contributed by atoms with E-state index in [2.05, 4.69) is 38.8 Å². The van der Waals surface area contributed by atoms with Gasteiger partial charge in [-0.3, -0.25) is 0 Å². The summed E-state index contributed by atoms with van der Waals surface area (Å²) in [5, 5.41) is 0. The van der Waals surface area contributed by atoms with E-state index in [0.717, 1.165) is 29.3 Å². The Morgan fingerprint density at radius 2 is 2.37 bits per heavy atom. The van der Waals surface area contributed by atoms with E-state index in [-0.39, 0.29) is 0 Å². The lowest BCUT2D eigenvalue weighted by Gasteiger charge is -2.32. The van der Waals surface area contributed by atoms with Gasteiger partial charge in [-0.25, -0.2) is 9.97 Å². The fourth-order valence-corrected chi connectivity index (χ4v) is 3.03. The van der Waals surface area contributed by atoms with Crippen molar-refractivity contribution in [1.82, 2.24) is 19.9 Å². The Balaban J connectivity index is 1.76. The normalized spacial score (nSPS) is 20.8. The van der Waals surface area contributed by atoms with Crippen molar-refractivity contribution in [3.8, 4) is 0 Å². The number of fused-ring (bicyclic) bond motifs is 1. The van der Waals surface area contributed by atoms with Crippen molar-refractivity contribution in [2.75, 3.05) is 38.6 Å². The number of nitrogens with one attached hydrogen (secondary N) is 1. The molecule has 0 aliphatic carbocycles. The lowest BCUT2D eigenvalue weighted by molar-refractivity contribution is 0.213. The molecule has 5 heteroatoms. The number of hydrogen-bond acceptors (Lipinski definition) is 4. The fourth-order valence-electron chi connectivity index (χ4n) is 3.03. The standard InChI is InChI=1S/C14H21N5/c1-18-7-3-4-11(8-18)9-19(2)14-13-12(5-6-15-14)16-10-17-13/h5-6,10-11H,3-4,7-9H2,1-2H3,(H,16,17)/t11-/m1/s1. The van der Waals surface area contributed by atoms with Crippen LogP contribution in [-0.4, -0.2) is 53.6 Å². The third-order valence-electron chi connectivity index (χ3n) is 3.93. The summed E-state index contributed by atoms with van der Waals surface area (Å²) < 4.78 is 0. The van der Waals surface area contributed by atoms with E-state index in [1.807, 2.05) is 12.3 Å². The minimum Gasteiger partial charge on any atom is -0.357 e. The van der Waals surface area contributed by atoms with Gasteiger partial charge >= 0.3 is 0 Å². The first-order chi connectivity index (χ1) is 9.24. The fraction of sp³-hybridized carbons (Fsp3) is 0.571. The molecular weight excluding hydrogens is 238 g/mol. The summed E-state index contributed by atoms with van der Waals surface area (Å²) in [7, 11) is 4.32. The zero-order chi connectivity index (χ0) is 13.2. The van der Waals surface area contributed by atoms with Gasteiger partial charge in [-0.1, -0.05) is 0 Å². The van der Waals surface area contributed by atoms with Crippen LogP contribution in [0.5, 0.6) is 0 Å². The Morgan fingerprint density at radius 3 is 3.21 bits per heavy atom. The zero-order valence-corrected chi connectivity index (χ0v) is 11.6. The van der Waals surface area contributed by atoms with E-state index < -0.39 is 0 Å². The van der Waals surface area contributed by atoms with Crippen LogP contribution < -0.4 is 4.90 Å². The van der Waals surface area contributed by atoms with Gasteiger partial charge in [-0.05, 0) is 38.4 Å². The van der Waals surface area contributed by atoms with Crippen LogP contribution >= 0.6 is 0 Å². The molecule has 3 rings (SSSR count). The SMILES string of the molecule is CN1CCC[C@@H](CN(C)c2nccc3[nH]cnc23)C1. The van der Waals surface area contributed by atoms with Crippen molar-refractivity contribution in [1.29, 1.82) is 0 Å². The summed E-state index contributed by atoms with van der Waals surface area (Å²) in [4.78, 5) is 16.7. The Bertz CT molecular complexity index is 550. The molecule has 1 aliphatic heterocycles. The summed E-state index contributed by atoms with van der Waals surface area (Å²) in [5.41, 5.74) is 2.02. The van der Waals surface area contributed by atoms with E-state index in [9.17, 15) is 0 Å². The molecule has 102 valence electrons. The van der Waals surface area contributed by atoms with E-state index >= 15 is 0 Å². The van der Waals surface area contributed by atoms with Crippen LogP contribution in [0, 0.1) is 5.92 Å². The number of aromatic amines is 1. The van der Waals surface area contributed by atoms with Gasteiger partial charge in [-0.15, -0.1) is 0 Å². The van der Waals surface area contributed by atoms with Gasteiger partial charge in [0.15, 0.2) is 5.82 Å². The molecule has 3 heterocycles. The third kappa shape index (κ3) is 2.56. The number of rotatable bonds is 3. The Kier molecular flexibility index (Phi) is 3.38. The lowest BCUT2D eigenvalue weighted by Crippen LogP contribution is -2.38. The van der Waals surface area contributed by atoms with Crippen molar-refractivity contribution in [3.63, 3.8) is 0 Å². The number of likely N-dealkylation sites (tertiary alicyclic amines) is 1. The highest BCUT2D eigenvalue weighted by Gasteiger charge is 2.20. The van der Waals surface area contributed by atoms with Gasteiger partial charge < -0.3 is 14.8 Å². The molecule has 0 bridgehead atoms. The van der Waals surface area contributed by atoms with E-state index in [4.69, 9.17) is 0 Å². The maximum absolute atomic E-state index is 4.49. The molecule has 0 aromatic carbocycles. The first kappa shape index (κ1) is 12.4. The van der Waals surface area contributed by atoms with Gasteiger partial charge in [0.05, 0.1) is 11.8 Å². The Morgan fingerprint density at radius 1 is 1.47 bits per heavy atom. The molecule has 0 unspecified atom stereocenters. The van der Waals surface area contributed by atoms with Crippen molar-refractivity contribution in [2.45, 2.75) is 12.8 Å². The molecule has 0 amide bonds. The second-order valence-corrected chi connectivity index (χ2v) is 5.58. The van der Waals surface area contributed by atoms with Crippen LogP contribution in [-0.2, 0) is 0 Å². The smallest absolute Gasteiger partial charge is 0.156 e. The maximum Gasteiger partial charge on any atom is 0.156 e. The molecular formula is C14H21N5. The molecule has 2 aromatic heterocycles. The van der Waals surface area contributed by atoms with Crippen LogP contribution in [0.4, 0.5) is 5.82 Å². The molecule has 1 fully saturated rings. The van der Waals surface area contributed by atoms with Gasteiger partial charge in [0.1, 0.15) is 5.52 Å². The molecule has 19 heavy (non-hydrogen) atoms. The first-order valence-electron chi connectivity index (χ1n) is 6.92. The molecule has 5 nitrogen and oxygen atoms in total. The van der Waals surface area contributed by atoms with Crippen LogP contribution in [0.25, 0.3) is 11.0 Å². The summed E-state index contributed by atoms with van der Waals surface area (Å²) in [5.74, 6) is 1.70. The minimum atomic E-state index is 0.722. The highest BCUT2D eigenvalue weighted by atomic mass is 15.2. The van der Waals surface area contributed by atoms with E-state index in [0.29, 0.717) is 0 Å². The molecule has 1 N–H and O–H groups in total. The highest BCUT2D eigenvalue weighted by Crippen LogP contribution is 2.23. The summed E-state index contributed by atoms with van der Waals surface area (Å²) >= 11 is 0. The van der Waals surface area contributed by atoms with Gasteiger partial charge in [0, 0.05) is 26.3 Å². The molecule has 0 spiro atoms. The largest absolute Gasteiger partial charge is 0.357 e. The number of nitrogens with zero attached hydrogens (tertiary/aromatic N) is 4. The average Bonchev–Trinajstić information content (AvgIpc) is 2.86. The number of aromatic nitrogens is 3. The summed E-state index contributed by atoms with van der Waals surface area (Å²) in [6, 6.07) is 1.97. The number of piperidine rings is 1. The Hall–Kier alpha value is -1.62. The van der Waals surface area contributed by atoms with Crippen molar-refractivity contribution in [3.05, 3.63) is 18.6 Å². The van der Waals surface area contributed by atoms with Crippen LogP contribution in [0.2, 0.25) is 0 Å². The molecule has 0 saturated carbocycles. The summed E-state index contributed by atoms with van der Waals surface area (Å²) in [6.07, 6.45) is 6.19. The first-order valence-corrected chi connectivity index (χ1v) is 6.92. The van der Waals surface area contributed by atoms with Crippen molar-refractivity contribution in [2.24, 2.45) is 5.92 Å². The minimum absolute atomic E-state index is 0.722. The molecule has 1 atom stereocenters. The van der Waals surface area contributed by atoms with Crippen molar-refractivity contribution < 1.29 is 0 Å². The molecule has 2 aromatic rings. The van der Waals surface area contributed by atoms with Crippen molar-refractivity contribution >= 4 is 16.9 Å². The lowest BCUT2D eigenvalue weighted by atomic mass is 9.98. The second kappa shape index (κ2) is 5.17. The monoisotopic (exact) mass is 259 g/mol. The maximum atomic E-state index is 4.49. The van der Waals surface area contributed by atoms with Crippen LogP contribution in [0.1, 0.15) is 12.8 Å². The van der Waals surface area contributed by atoms with Crippen LogP contribution in [0.3, 0.4) is 0 Å². The number of imidazole rings is 1. The zero-order valence-electron chi connectivity index (χ0n) is 11.6. The molecule has 1 aliphatic rings. The van der Waals surface area contributed by atoms with Gasteiger partial charge in [0.25, 0.3) is 0 Å². The van der Waals surface area contributed by atoms with Gasteiger partial charge in [0.2, 0.25) is 0 Å². The third-order valence-corrected chi connectivity index (χ3v) is 3.93. The second-order valence-electron chi connectivity index (χ2n) is 5.58. The van der Waals surface area contributed by atoms with Gasteiger partial charge in [-0.2, -0.15) is 0 Å². The number of hydrogen-bond donors (Lipinski definition) is 1. The topological polar surface area (TPSA) is 48.0 Å². The number of anilines is 1. The Labute approximate surface area is 113 Å². The molecule has 0 radical (unpaired) electrons. The summed E-state index contributed by atoms with van der Waals surface area (Å²) in [6.45, 7) is 3.46. The predicted molar refractivity (Wildman–Crippen MR) is 77.4 cm³/mol. The van der Waals surface area contributed by atoms with E-state index in [1.54, 1.807) is 6.33 Å². The molecule has 1 saturated heterocycles. The van der Waals surface area contributed by atoms with Crippen LogP contribution in [0.15, 0.2) is 18.6 Å². The number of H-pyrrole nitrogens is 1. The predicted octanol–water partition coefficient (Wildman–Crippen LogP) is 1.74. The number of pyridine rings is 1. The highest BCUT2D eigenvalue weighted by molar-refractivity contribution is 5.85. The van der Waals surface area contributed by atoms with E-state index in [1.165, 1.54) is 25.9 Å².